The van der Waals surface area contributed by atoms with E-state index in [9.17, 15) is 13.2 Å². The van der Waals surface area contributed by atoms with E-state index in [4.69, 9.17) is 37.7 Å². The van der Waals surface area contributed by atoms with Crippen molar-refractivity contribution >= 4 is 50.0 Å². The third kappa shape index (κ3) is 5.97. The number of benzene rings is 2. The summed E-state index contributed by atoms with van der Waals surface area (Å²) in [5, 5.41) is 3.62. The Kier molecular flexibility index (Phi) is 8.36. The van der Waals surface area contributed by atoms with E-state index >= 15 is 0 Å². The number of halogens is 2. The Morgan fingerprint density at radius 3 is 2.72 bits per heavy atom. The van der Waals surface area contributed by atoms with Crippen LogP contribution in [0.25, 0.3) is 16.6 Å². The first-order valence-electron chi connectivity index (χ1n) is 14.0. The molecule has 1 N–H and O–H groups in total. The molecule has 2 atom stereocenters. The van der Waals surface area contributed by atoms with Crippen molar-refractivity contribution in [1.29, 1.82) is 0 Å². The lowest BCUT2D eigenvalue weighted by Gasteiger charge is -2.24. The Balaban J connectivity index is 1.29. The maximum absolute atomic E-state index is 14.0. The van der Waals surface area contributed by atoms with Crippen molar-refractivity contribution in [3.8, 4) is 11.4 Å². The lowest BCUT2D eigenvalue weighted by atomic mass is 10.1. The summed E-state index contributed by atoms with van der Waals surface area (Å²) in [6.45, 7) is 2.40. The number of rotatable bonds is 10. The monoisotopic (exact) mass is 643 g/mol. The summed E-state index contributed by atoms with van der Waals surface area (Å²) in [6, 6.07) is 9.47. The highest BCUT2D eigenvalue weighted by atomic mass is 35.5. The quantitative estimate of drug-likeness (QED) is 0.261. The number of ether oxygens (including phenoxy) is 2. The van der Waals surface area contributed by atoms with Gasteiger partial charge in [0.25, 0.3) is 0 Å². The van der Waals surface area contributed by atoms with Gasteiger partial charge in [0.05, 0.1) is 23.1 Å². The first-order valence-corrected chi connectivity index (χ1v) is 16.2. The van der Waals surface area contributed by atoms with Crippen molar-refractivity contribution in [3.05, 3.63) is 76.4 Å². The van der Waals surface area contributed by atoms with Crippen LogP contribution in [0.3, 0.4) is 0 Å². The molecule has 0 spiro atoms. The van der Waals surface area contributed by atoms with Crippen LogP contribution in [0.15, 0.2) is 60.0 Å². The van der Waals surface area contributed by atoms with E-state index in [1.165, 1.54) is 23.5 Å². The van der Waals surface area contributed by atoms with E-state index in [1.54, 1.807) is 18.6 Å². The number of pyridine rings is 1. The number of hydrogen-bond acceptors (Lipinski definition) is 7. The first kappa shape index (κ1) is 29.8. The minimum atomic E-state index is -4.20. The fraction of sp³-hybridized carbons (Fsp3) is 0.367. The molecular formula is C30H31Cl2N5O5S. The molecule has 43 heavy (non-hydrogen) atoms. The smallest absolute Gasteiger partial charge is 0.245 e. The normalized spacial score (nSPS) is 19.2. The molecule has 1 saturated heterocycles. The maximum Gasteiger partial charge on any atom is 0.245 e. The predicted molar refractivity (Wildman–Crippen MR) is 163 cm³/mol. The van der Waals surface area contributed by atoms with E-state index in [0.29, 0.717) is 29.4 Å². The van der Waals surface area contributed by atoms with Gasteiger partial charge >= 0.3 is 0 Å². The average Bonchev–Trinajstić information content (AvgIpc) is 3.46. The van der Waals surface area contributed by atoms with Crippen LogP contribution in [0.5, 0.6) is 5.75 Å². The van der Waals surface area contributed by atoms with Gasteiger partial charge in [-0.15, -0.1) is 0 Å². The molecule has 226 valence electrons. The number of sulfonamides is 1. The van der Waals surface area contributed by atoms with E-state index in [2.05, 4.69) is 10.3 Å². The van der Waals surface area contributed by atoms with E-state index < -0.39 is 22.0 Å². The molecule has 2 fully saturated rings. The fourth-order valence-corrected chi connectivity index (χ4v) is 7.85. The standard InChI is InChI=1S/C30H31Cl2N5O5S/c1-18-12-24(36-11-10-34-17-36)21-4-3-5-26(29(21)35-18)42-16-22-23(31)8-9-27(28(22)32)43(39,40)37-14-20(41-15-19-6-7-19)13-25(37)30(38)33-2/h3-5,8-12,17,19-20,25H,6-7,13-16H2,1-2H3,(H,33,38). The van der Waals surface area contributed by atoms with Crippen LogP contribution in [-0.4, -0.2) is 65.5 Å². The zero-order chi connectivity index (χ0) is 30.3. The lowest BCUT2D eigenvalue weighted by molar-refractivity contribution is -0.123. The maximum atomic E-state index is 14.0. The van der Waals surface area contributed by atoms with Crippen molar-refractivity contribution in [2.75, 3.05) is 20.2 Å². The van der Waals surface area contributed by atoms with Gasteiger partial charge in [-0.3, -0.25) is 4.79 Å². The van der Waals surface area contributed by atoms with Crippen molar-refractivity contribution in [1.82, 2.24) is 24.2 Å². The van der Waals surface area contributed by atoms with Crippen molar-refractivity contribution in [2.24, 2.45) is 5.92 Å². The molecule has 2 unspecified atom stereocenters. The fourth-order valence-electron chi connectivity index (χ4n) is 5.36. The molecule has 1 saturated carbocycles. The Morgan fingerprint density at radius 1 is 1.19 bits per heavy atom. The summed E-state index contributed by atoms with van der Waals surface area (Å²) in [7, 11) is -2.71. The number of fused-ring (bicyclic) bond motifs is 1. The van der Waals surface area contributed by atoms with Crippen molar-refractivity contribution < 1.29 is 22.7 Å². The molecule has 3 heterocycles. The summed E-state index contributed by atoms with van der Waals surface area (Å²) >= 11 is 13.3. The highest BCUT2D eigenvalue weighted by Crippen LogP contribution is 2.38. The SMILES string of the molecule is CNC(=O)C1CC(OCC2CC2)CN1S(=O)(=O)c1ccc(Cl)c(COc2cccc3c(-n4ccnc4)cc(C)nc23)c1Cl. The molecule has 1 amide bonds. The third-order valence-corrected chi connectivity index (χ3v) is 10.6. The number of carbonyl (C=O) groups excluding carboxylic acids is 1. The van der Waals surface area contributed by atoms with Gasteiger partial charge in [-0.2, -0.15) is 4.31 Å². The molecule has 2 aliphatic rings. The van der Waals surface area contributed by atoms with E-state index in [-0.39, 0.29) is 40.6 Å². The molecule has 13 heteroatoms. The zero-order valence-corrected chi connectivity index (χ0v) is 26.0. The van der Waals surface area contributed by atoms with E-state index in [1.807, 2.05) is 35.9 Å². The molecule has 2 aromatic heterocycles. The van der Waals surface area contributed by atoms with Gasteiger partial charge in [0.2, 0.25) is 15.9 Å². The van der Waals surface area contributed by atoms with Crippen LogP contribution >= 0.6 is 23.2 Å². The number of aryl methyl sites for hydroxylation is 1. The molecule has 0 bridgehead atoms. The summed E-state index contributed by atoms with van der Waals surface area (Å²) in [5.41, 5.74) is 2.61. The van der Waals surface area contributed by atoms with Crippen LogP contribution < -0.4 is 10.1 Å². The lowest BCUT2D eigenvalue weighted by Crippen LogP contribution is -2.44. The minimum absolute atomic E-state index is 0.0538. The molecule has 6 rings (SSSR count). The number of para-hydroxylation sites is 1. The van der Waals surface area contributed by atoms with Crippen molar-refractivity contribution in [3.63, 3.8) is 0 Å². The van der Waals surface area contributed by atoms with Gasteiger partial charge in [-0.1, -0.05) is 35.3 Å². The van der Waals surface area contributed by atoms with Crippen LogP contribution in [0.1, 0.15) is 30.5 Å². The van der Waals surface area contributed by atoms with Crippen LogP contribution in [0.4, 0.5) is 0 Å². The Hall–Kier alpha value is -3.22. The molecule has 2 aromatic carbocycles. The number of carbonyl (C=O) groups is 1. The molecule has 4 aromatic rings. The van der Waals surface area contributed by atoms with Gasteiger partial charge in [-0.05, 0) is 49.9 Å². The molecular weight excluding hydrogens is 613 g/mol. The number of aromatic nitrogens is 3. The number of imidazole rings is 1. The second-order valence-electron chi connectivity index (χ2n) is 10.9. The first-order chi connectivity index (χ1) is 20.7. The van der Waals surface area contributed by atoms with Gasteiger partial charge in [-0.25, -0.2) is 18.4 Å². The second kappa shape index (κ2) is 12.0. The third-order valence-electron chi connectivity index (χ3n) is 7.83. The number of likely N-dealkylation sites (N-methyl/N-ethyl adjacent to an activating group) is 1. The highest BCUT2D eigenvalue weighted by Gasteiger charge is 2.45. The molecule has 1 aliphatic carbocycles. The Labute approximate surface area is 260 Å². The Morgan fingerprint density at radius 2 is 2.00 bits per heavy atom. The zero-order valence-electron chi connectivity index (χ0n) is 23.7. The van der Waals surface area contributed by atoms with Gasteiger partial charge in [0.15, 0.2) is 0 Å². The summed E-state index contributed by atoms with van der Waals surface area (Å²) in [4.78, 5) is 21.4. The summed E-state index contributed by atoms with van der Waals surface area (Å²) in [6.07, 6.45) is 7.36. The van der Waals surface area contributed by atoms with Crippen LogP contribution in [0, 0.1) is 12.8 Å². The second-order valence-corrected chi connectivity index (χ2v) is 13.5. The van der Waals surface area contributed by atoms with Gasteiger partial charge in [0, 0.05) is 60.7 Å². The molecule has 10 nitrogen and oxygen atoms in total. The molecule has 0 radical (unpaired) electrons. The summed E-state index contributed by atoms with van der Waals surface area (Å²) in [5.74, 6) is 0.595. The number of amides is 1. The number of nitrogens with zero attached hydrogens (tertiary/aromatic N) is 4. The largest absolute Gasteiger partial charge is 0.487 e. The van der Waals surface area contributed by atoms with Crippen LogP contribution in [0.2, 0.25) is 10.0 Å². The minimum Gasteiger partial charge on any atom is -0.487 e. The number of nitrogens with one attached hydrogen (secondary N) is 1. The number of hydrogen-bond donors (Lipinski definition) is 1. The predicted octanol–water partition coefficient (Wildman–Crippen LogP) is 4.92. The van der Waals surface area contributed by atoms with Gasteiger partial charge in [0.1, 0.15) is 28.8 Å². The molecule has 1 aliphatic heterocycles. The van der Waals surface area contributed by atoms with Crippen LogP contribution in [-0.2, 0) is 26.2 Å². The Bertz CT molecular complexity index is 1780. The van der Waals surface area contributed by atoms with Crippen molar-refractivity contribution in [2.45, 2.75) is 49.8 Å². The van der Waals surface area contributed by atoms with Gasteiger partial charge < -0.3 is 19.4 Å². The summed E-state index contributed by atoms with van der Waals surface area (Å²) < 4.78 is 43.2. The highest BCUT2D eigenvalue weighted by molar-refractivity contribution is 7.89. The van der Waals surface area contributed by atoms with E-state index in [0.717, 1.165) is 29.6 Å². The topological polar surface area (TPSA) is 116 Å². The average molecular weight is 645 g/mol.